The van der Waals surface area contributed by atoms with Crippen LogP contribution in [-0.2, 0) is 37.5 Å². The molecular weight excluding hydrogens is 810 g/mol. The maximum absolute atomic E-state index is 12.4. The number of unbranched alkanes of at least 4 members (excludes halogenated alkanes) is 30. The van der Waals surface area contributed by atoms with Gasteiger partial charge >= 0.3 is 14.3 Å². The Balaban J connectivity index is 4.15. The zero-order chi connectivity index (χ0) is 45.8. The third kappa shape index (κ3) is 50.1. The summed E-state index contributed by atoms with van der Waals surface area (Å²) in [6.45, 7) is 7.93. The van der Waals surface area contributed by atoms with E-state index in [9.17, 15) is 14.3 Å². The Bertz CT molecular complexity index is 929. The molecule has 0 aliphatic carbocycles. The molecule has 0 aliphatic heterocycles. The predicted octanol–water partition coefficient (Wildman–Crippen LogP) is 12.1. The molecule has 0 heterocycles. The van der Waals surface area contributed by atoms with E-state index in [1.54, 1.807) is 0 Å². The average molecular weight is 909 g/mol. The van der Waals surface area contributed by atoms with E-state index >= 15 is 0 Å². The first kappa shape index (κ1) is 59.1. The molecule has 2 N–H and O–H groups in total. The van der Waals surface area contributed by atoms with Crippen LogP contribution in [0.1, 0.15) is 219 Å². The quantitative estimate of drug-likeness (QED) is 0.0443. The van der Waals surface area contributed by atoms with Gasteiger partial charge in [-0.3, -0.25) is 0 Å². The van der Waals surface area contributed by atoms with Crippen molar-refractivity contribution < 1.29 is 52.3 Å². The van der Waals surface area contributed by atoms with Crippen LogP contribution in [0.3, 0.4) is 0 Å². The molecule has 12 nitrogen and oxygen atoms in total. The van der Waals surface area contributed by atoms with E-state index < -0.39 is 20.5 Å². The Morgan fingerprint density at radius 3 is 1.31 bits per heavy atom. The summed E-state index contributed by atoms with van der Waals surface area (Å²) < 4.78 is 55.9. The molecule has 0 saturated carbocycles. The van der Waals surface area contributed by atoms with E-state index in [0.717, 1.165) is 19.3 Å². The van der Waals surface area contributed by atoms with Gasteiger partial charge in [0.1, 0.15) is 12.7 Å². The van der Waals surface area contributed by atoms with Crippen molar-refractivity contribution in [2.24, 2.45) is 0 Å². The van der Waals surface area contributed by atoms with Crippen LogP contribution in [-0.4, -0.2) is 104 Å². The topological polar surface area (TPSA) is 154 Å². The summed E-state index contributed by atoms with van der Waals surface area (Å²) in [5, 5.41) is 6.90. The van der Waals surface area contributed by atoms with E-state index in [-0.39, 0.29) is 39.1 Å². The third-order valence-electron chi connectivity index (χ3n) is 11.2. The van der Waals surface area contributed by atoms with Gasteiger partial charge in [0.2, 0.25) is 1.43 Å². The second-order valence-corrected chi connectivity index (χ2v) is 17.8. The van der Waals surface area contributed by atoms with E-state index in [4.69, 9.17) is 29.9 Å². The summed E-state index contributed by atoms with van der Waals surface area (Å²) in [7, 11) is -3.05. The van der Waals surface area contributed by atoms with E-state index in [1.807, 2.05) is 0 Å². The number of carbonyl (C=O) groups is 1. The van der Waals surface area contributed by atoms with Crippen LogP contribution in [0.5, 0.6) is 0 Å². The van der Waals surface area contributed by atoms with Gasteiger partial charge in [0.05, 0.1) is 52.9 Å². The van der Waals surface area contributed by atoms with Crippen LogP contribution in [0.15, 0.2) is 0 Å². The number of amides is 1. The number of hydrogen-bond acceptors (Lipinski definition) is 11. The van der Waals surface area contributed by atoms with Gasteiger partial charge in [-0.25, -0.2) is 4.79 Å². The Hall–Kier alpha value is -0.950. The monoisotopic (exact) mass is 909 g/mol. The van der Waals surface area contributed by atoms with Crippen molar-refractivity contribution in [2.75, 3.05) is 79.2 Å². The van der Waals surface area contributed by atoms with Gasteiger partial charge in [-0.05, 0) is 17.4 Å². The van der Waals surface area contributed by atoms with Crippen molar-refractivity contribution in [3.8, 4) is 0 Å². The number of hydrogen-bond donors (Lipinski definition) is 2. The normalized spacial score (nSPS) is 13.0. The largest absolute Gasteiger partial charge is 0.566 e. The molecule has 0 aliphatic rings. The van der Waals surface area contributed by atoms with Crippen molar-refractivity contribution in [3.63, 3.8) is 0 Å². The molecular formula is C49H98NO11P. The number of ether oxygens (including phenoxy) is 6. The fourth-order valence-electron chi connectivity index (χ4n) is 7.34. The van der Waals surface area contributed by atoms with Gasteiger partial charge in [0.25, 0.3) is 0 Å². The lowest BCUT2D eigenvalue weighted by Gasteiger charge is -2.18. The number of aliphatic hydroxyl groups excluding tert-OH is 1. The summed E-state index contributed by atoms with van der Waals surface area (Å²) in [5.74, 6) is 0. The molecule has 0 spiro atoms. The Morgan fingerprint density at radius 2 is 0.871 bits per heavy atom. The number of carbonyl (C=O) groups excluding carboxylic acids is 1. The molecule has 0 radical (unpaired) electrons. The molecule has 3 atom stereocenters. The van der Waals surface area contributed by atoms with E-state index in [0.29, 0.717) is 46.2 Å². The standard InChI is InChI=1S/C49H98NO11P/c1-3-5-7-9-11-13-15-17-19-21-23-25-27-29-31-33-36-57-45-48(59-37-34-32-30-28-26-24-22-20-18-16-14-12-10-8-6-4-2)46-60-49(52)50-35-38-55-39-40-56-41-42-58-44-47(43-51)61-62(53)54/h47-48,51H,3-46H2,1-2H3,(H,50,52)/t47-,48-/m0/s1/i51D. The number of nitrogens with one attached hydrogen (secondary N) is 1. The molecule has 0 rings (SSSR count). The lowest BCUT2D eigenvalue weighted by Crippen LogP contribution is -2.33. The SMILES string of the molecule is [2H]OC[C@@H](COCCOCCOCCNC(=O)OC[C@H](COCCCCCCCCCCCCCCCCCC)OCCCCCCCCCCCCCCCCCC)O[P+](=O)[O-]. The van der Waals surface area contributed by atoms with Crippen molar-refractivity contribution in [3.05, 3.63) is 0 Å². The maximum Gasteiger partial charge on any atom is 0.488 e. The summed E-state index contributed by atoms with van der Waals surface area (Å²) in [6.07, 6.45) is 41.1. The smallest absolute Gasteiger partial charge is 0.488 e. The van der Waals surface area contributed by atoms with Crippen LogP contribution >= 0.6 is 8.25 Å². The molecule has 13 heteroatoms. The molecule has 62 heavy (non-hydrogen) atoms. The Labute approximate surface area is 383 Å². The van der Waals surface area contributed by atoms with E-state index in [1.165, 1.54) is 186 Å². The molecule has 370 valence electrons. The van der Waals surface area contributed by atoms with Gasteiger partial charge in [-0.15, -0.1) is 4.52 Å². The van der Waals surface area contributed by atoms with Crippen LogP contribution in [0.4, 0.5) is 4.79 Å². The van der Waals surface area contributed by atoms with Gasteiger partial charge in [-0.2, -0.15) is 0 Å². The Morgan fingerprint density at radius 1 is 0.500 bits per heavy atom. The summed E-state index contributed by atoms with van der Waals surface area (Å²) >= 11 is 0. The number of aliphatic hydroxyl groups is 1. The molecule has 0 aromatic rings. The maximum atomic E-state index is 12.4. The first-order valence-electron chi connectivity index (χ1n) is 26.2. The minimum Gasteiger partial charge on any atom is -0.566 e. The van der Waals surface area contributed by atoms with Crippen molar-refractivity contribution in [1.82, 2.24) is 5.32 Å². The third-order valence-corrected chi connectivity index (χ3v) is 11.7. The highest BCUT2D eigenvalue weighted by Crippen LogP contribution is 2.16. The predicted molar refractivity (Wildman–Crippen MR) is 251 cm³/mol. The highest BCUT2D eigenvalue weighted by atomic mass is 31.1. The van der Waals surface area contributed by atoms with Gasteiger partial charge in [0, 0.05) is 19.8 Å². The fraction of sp³-hybridized carbons (Fsp3) is 0.980. The van der Waals surface area contributed by atoms with Gasteiger partial charge in [-0.1, -0.05) is 206 Å². The lowest BCUT2D eigenvalue weighted by atomic mass is 10.0. The van der Waals surface area contributed by atoms with Crippen molar-refractivity contribution in [2.45, 2.75) is 232 Å². The molecule has 1 unspecified atom stereocenters. The molecule has 1 amide bonds. The number of rotatable bonds is 54. The first-order chi connectivity index (χ1) is 31.0. The molecule has 0 aromatic heterocycles. The molecule has 0 fully saturated rings. The summed E-state index contributed by atoms with van der Waals surface area (Å²) in [4.78, 5) is 23.1. The second kappa shape index (κ2) is 52.7. The second-order valence-electron chi connectivity index (χ2n) is 17.1. The summed E-state index contributed by atoms with van der Waals surface area (Å²) in [6, 6.07) is 0. The summed E-state index contributed by atoms with van der Waals surface area (Å²) in [5.41, 5.74) is 0. The fourth-order valence-corrected chi connectivity index (χ4v) is 7.71. The minimum absolute atomic E-state index is 0.0388. The van der Waals surface area contributed by atoms with Crippen molar-refractivity contribution in [1.29, 1.82) is 1.43 Å². The molecule has 0 saturated heterocycles. The van der Waals surface area contributed by atoms with Crippen LogP contribution in [0.2, 0.25) is 0 Å². The van der Waals surface area contributed by atoms with Crippen LogP contribution in [0, 0.1) is 0 Å². The van der Waals surface area contributed by atoms with Gasteiger partial charge in [0.15, 0.2) is 6.10 Å². The zero-order valence-corrected chi connectivity index (χ0v) is 41.1. The van der Waals surface area contributed by atoms with Crippen molar-refractivity contribution >= 4 is 14.3 Å². The lowest BCUT2D eigenvalue weighted by molar-refractivity contribution is -0.192. The van der Waals surface area contributed by atoms with Crippen LogP contribution in [0.25, 0.3) is 0 Å². The molecule has 0 aromatic carbocycles. The van der Waals surface area contributed by atoms with Gasteiger partial charge < -0.3 is 43.7 Å². The zero-order valence-electron chi connectivity index (χ0n) is 41.2. The highest BCUT2D eigenvalue weighted by Gasteiger charge is 2.16. The average Bonchev–Trinajstić information content (AvgIpc) is 3.27. The van der Waals surface area contributed by atoms with E-state index in [2.05, 4.69) is 28.8 Å². The first-order valence-corrected chi connectivity index (χ1v) is 26.8. The Kier molecular flexibility index (Phi) is 50.2. The minimum atomic E-state index is -3.05. The highest BCUT2D eigenvalue weighted by molar-refractivity contribution is 7.30. The van der Waals surface area contributed by atoms with Crippen LogP contribution < -0.4 is 10.2 Å². The number of alkyl carbamates (subject to hydrolysis) is 1. The molecule has 0 bridgehead atoms.